The summed E-state index contributed by atoms with van der Waals surface area (Å²) < 4.78 is 38.8. The lowest BCUT2D eigenvalue weighted by molar-refractivity contribution is 0.430. The van der Waals surface area contributed by atoms with Crippen LogP contribution in [0.1, 0.15) is 18.0 Å². The van der Waals surface area contributed by atoms with Crippen LogP contribution in [0.4, 0.5) is 13.2 Å². The number of terminal acetylenes is 1. The summed E-state index contributed by atoms with van der Waals surface area (Å²) in [6, 6.07) is 1.56. The molecule has 0 radical (unpaired) electrons. The Morgan fingerprint density at radius 2 is 2.00 bits per heavy atom. The van der Waals surface area contributed by atoms with Gasteiger partial charge in [0, 0.05) is 18.0 Å². The molecule has 0 amide bonds. The second-order valence-electron chi connectivity index (χ2n) is 3.01. The summed E-state index contributed by atoms with van der Waals surface area (Å²) in [7, 11) is 1.57. The number of hydrogen-bond acceptors (Lipinski definition) is 1. The van der Waals surface area contributed by atoms with Gasteiger partial charge in [-0.05, 0) is 13.1 Å². The number of rotatable bonds is 3. The minimum absolute atomic E-state index is 0.0364. The highest BCUT2D eigenvalue weighted by atomic mass is 19.2. The van der Waals surface area contributed by atoms with Gasteiger partial charge in [-0.3, -0.25) is 0 Å². The van der Waals surface area contributed by atoms with Crippen LogP contribution in [0.3, 0.4) is 0 Å². The maximum absolute atomic E-state index is 13.3. The molecule has 4 heteroatoms. The summed E-state index contributed by atoms with van der Waals surface area (Å²) in [5.74, 6) is -1.53. The van der Waals surface area contributed by atoms with Gasteiger partial charge in [-0.15, -0.1) is 12.3 Å². The third-order valence-corrected chi connectivity index (χ3v) is 2.11. The first-order valence-corrected chi connectivity index (χ1v) is 4.36. The predicted octanol–water partition coefficient (Wildman–Crippen LogP) is 2.39. The highest BCUT2D eigenvalue weighted by Gasteiger charge is 2.18. The van der Waals surface area contributed by atoms with E-state index < -0.39 is 23.5 Å². The average Bonchev–Trinajstić information content (AvgIpc) is 2.24. The summed E-state index contributed by atoms with van der Waals surface area (Å²) in [4.78, 5) is 0. The lowest BCUT2D eigenvalue weighted by Gasteiger charge is -2.14. The third kappa shape index (κ3) is 2.31. The van der Waals surface area contributed by atoms with E-state index >= 15 is 0 Å². The largest absolute Gasteiger partial charge is 0.312 e. The molecule has 1 aromatic carbocycles. The molecule has 0 fully saturated rings. The summed E-state index contributed by atoms with van der Waals surface area (Å²) in [6.07, 6.45) is 5.29. The van der Waals surface area contributed by atoms with E-state index in [2.05, 4.69) is 11.2 Å². The molecule has 1 aromatic rings. The lowest BCUT2D eigenvalue weighted by atomic mass is 10.0. The molecule has 0 saturated heterocycles. The Bertz CT molecular complexity index is 396. The van der Waals surface area contributed by atoms with Crippen molar-refractivity contribution in [1.82, 2.24) is 5.32 Å². The van der Waals surface area contributed by atoms with Gasteiger partial charge < -0.3 is 5.32 Å². The first kappa shape index (κ1) is 11.6. The van der Waals surface area contributed by atoms with Gasteiger partial charge in [-0.2, -0.15) is 0 Å². The zero-order valence-corrected chi connectivity index (χ0v) is 8.15. The van der Waals surface area contributed by atoms with Crippen molar-refractivity contribution in [3.05, 3.63) is 35.1 Å². The van der Waals surface area contributed by atoms with Crippen molar-refractivity contribution < 1.29 is 13.2 Å². The quantitative estimate of drug-likeness (QED) is 0.600. The molecule has 0 spiro atoms. The number of hydrogen-bond donors (Lipinski definition) is 1. The zero-order valence-electron chi connectivity index (χ0n) is 8.15. The zero-order chi connectivity index (χ0) is 11.4. The Labute approximate surface area is 86.3 Å². The van der Waals surface area contributed by atoms with Crippen LogP contribution in [0.5, 0.6) is 0 Å². The molecule has 1 rings (SSSR count). The fourth-order valence-electron chi connectivity index (χ4n) is 1.30. The van der Waals surface area contributed by atoms with E-state index in [-0.39, 0.29) is 12.0 Å². The van der Waals surface area contributed by atoms with Gasteiger partial charge in [0.05, 0.1) is 0 Å². The van der Waals surface area contributed by atoms with E-state index in [9.17, 15) is 13.2 Å². The fraction of sp³-hybridized carbons (Fsp3) is 0.273. The molecule has 0 aliphatic rings. The average molecular weight is 213 g/mol. The molecule has 0 aromatic heterocycles. The first-order chi connectivity index (χ1) is 7.11. The van der Waals surface area contributed by atoms with Gasteiger partial charge >= 0.3 is 0 Å². The van der Waals surface area contributed by atoms with Crippen LogP contribution >= 0.6 is 0 Å². The van der Waals surface area contributed by atoms with E-state index in [4.69, 9.17) is 6.42 Å². The van der Waals surface area contributed by atoms with Crippen LogP contribution in [0.2, 0.25) is 0 Å². The van der Waals surface area contributed by atoms with Crippen molar-refractivity contribution in [3.63, 3.8) is 0 Å². The minimum Gasteiger partial charge on any atom is -0.312 e. The van der Waals surface area contributed by atoms with Crippen LogP contribution in [0.15, 0.2) is 12.1 Å². The van der Waals surface area contributed by atoms with Gasteiger partial charge in [0.25, 0.3) is 0 Å². The third-order valence-electron chi connectivity index (χ3n) is 2.11. The van der Waals surface area contributed by atoms with E-state index in [0.29, 0.717) is 0 Å². The standard InChI is InChI=1S/C11H10F3N/c1-3-4-9(15-2)7-5-6-8(12)11(14)10(7)13/h1,5-6,9,15H,4H2,2H3. The van der Waals surface area contributed by atoms with Crippen LogP contribution in [0.25, 0.3) is 0 Å². The Morgan fingerprint density at radius 1 is 1.33 bits per heavy atom. The van der Waals surface area contributed by atoms with E-state index in [1.807, 2.05) is 0 Å². The molecule has 80 valence electrons. The molecule has 15 heavy (non-hydrogen) atoms. The maximum Gasteiger partial charge on any atom is 0.194 e. The summed E-state index contributed by atoms with van der Waals surface area (Å²) >= 11 is 0. The molecular weight excluding hydrogens is 203 g/mol. The predicted molar refractivity (Wildman–Crippen MR) is 51.6 cm³/mol. The second kappa shape index (κ2) is 4.85. The van der Waals surface area contributed by atoms with Gasteiger partial charge in [0.1, 0.15) is 0 Å². The van der Waals surface area contributed by atoms with Crippen molar-refractivity contribution in [1.29, 1.82) is 0 Å². The molecule has 1 N–H and O–H groups in total. The van der Waals surface area contributed by atoms with Gasteiger partial charge in [0.2, 0.25) is 0 Å². The van der Waals surface area contributed by atoms with Crippen molar-refractivity contribution in [3.8, 4) is 12.3 Å². The van der Waals surface area contributed by atoms with Gasteiger partial charge in [-0.25, -0.2) is 13.2 Å². The van der Waals surface area contributed by atoms with E-state index in [0.717, 1.165) is 6.07 Å². The van der Waals surface area contributed by atoms with Crippen LogP contribution < -0.4 is 5.32 Å². The first-order valence-electron chi connectivity index (χ1n) is 4.36. The molecule has 1 nitrogen and oxygen atoms in total. The fourth-order valence-corrected chi connectivity index (χ4v) is 1.30. The van der Waals surface area contributed by atoms with Gasteiger partial charge in [-0.1, -0.05) is 6.07 Å². The molecule has 1 atom stereocenters. The Morgan fingerprint density at radius 3 is 2.53 bits per heavy atom. The molecule has 0 aliphatic heterocycles. The normalized spacial score (nSPS) is 12.2. The van der Waals surface area contributed by atoms with Crippen LogP contribution in [-0.4, -0.2) is 7.05 Å². The number of halogens is 3. The molecule has 0 aliphatic carbocycles. The summed E-state index contributed by atoms with van der Waals surface area (Å²) in [5.41, 5.74) is 0.0364. The Hall–Kier alpha value is -1.47. The molecular formula is C11H10F3N. The highest BCUT2D eigenvalue weighted by molar-refractivity contribution is 5.24. The van der Waals surface area contributed by atoms with Crippen LogP contribution in [-0.2, 0) is 0 Å². The SMILES string of the molecule is C#CCC(NC)c1ccc(F)c(F)c1F. The Balaban J connectivity index is 3.14. The summed E-state index contributed by atoms with van der Waals surface area (Å²) in [5, 5.41) is 2.74. The van der Waals surface area contributed by atoms with Crippen molar-refractivity contribution in [2.75, 3.05) is 7.05 Å². The van der Waals surface area contributed by atoms with E-state index in [1.165, 1.54) is 6.07 Å². The number of benzene rings is 1. The molecule has 1 unspecified atom stereocenters. The van der Waals surface area contributed by atoms with Crippen molar-refractivity contribution >= 4 is 0 Å². The molecule has 0 saturated carbocycles. The highest BCUT2D eigenvalue weighted by Crippen LogP contribution is 2.22. The second-order valence-corrected chi connectivity index (χ2v) is 3.01. The topological polar surface area (TPSA) is 12.0 Å². The van der Waals surface area contributed by atoms with Crippen molar-refractivity contribution in [2.45, 2.75) is 12.5 Å². The molecule has 0 bridgehead atoms. The smallest absolute Gasteiger partial charge is 0.194 e. The lowest BCUT2D eigenvalue weighted by Crippen LogP contribution is -2.18. The molecule has 0 heterocycles. The van der Waals surface area contributed by atoms with E-state index in [1.54, 1.807) is 7.05 Å². The minimum atomic E-state index is -1.47. The monoisotopic (exact) mass is 213 g/mol. The summed E-state index contributed by atoms with van der Waals surface area (Å²) in [6.45, 7) is 0. The maximum atomic E-state index is 13.3. The van der Waals surface area contributed by atoms with Crippen molar-refractivity contribution in [2.24, 2.45) is 0 Å². The van der Waals surface area contributed by atoms with Gasteiger partial charge in [0.15, 0.2) is 17.5 Å². The van der Waals surface area contributed by atoms with Crippen LogP contribution in [0, 0.1) is 29.8 Å². The number of nitrogens with one attached hydrogen (secondary N) is 1. The Kier molecular flexibility index (Phi) is 3.75.